The van der Waals surface area contributed by atoms with Crippen molar-refractivity contribution in [1.29, 1.82) is 0 Å². The number of carbonyl (C=O) groups is 1. The molecule has 114 valence electrons. The first-order chi connectivity index (χ1) is 9.09. The van der Waals surface area contributed by atoms with Gasteiger partial charge in [0, 0.05) is 18.3 Å². The van der Waals surface area contributed by atoms with E-state index in [1.54, 1.807) is 0 Å². The zero-order valence-corrected chi connectivity index (χ0v) is 13.5. The van der Waals surface area contributed by atoms with Crippen molar-refractivity contribution in [2.24, 2.45) is 5.41 Å². The fraction of sp³-hybridized carbons (Fsp3) is 0.667. The van der Waals surface area contributed by atoms with E-state index in [-0.39, 0.29) is 23.4 Å². The van der Waals surface area contributed by atoms with E-state index in [0.717, 1.165) is 0 Å². The predicted octanol–water partition coefficient (Wildman–Crippen LogP) is 1.74. The number of carboxylic acids is 1. The summed E-state index contributed by atoms with van der Waals surface area (Å²) in [5, 5.41) is 10.8. The molecular formula is C12H20N2O4S2. The van der Waals surface area contributed by atoms with Crippen molar-refractivity contribution in [2.75, 3.05) is 12.3 Å². The molecule has 0 amide bonds. The second-order valence-corrected chi connectivity index (χ2v) is 8.57. The quantitative estimate of drug-likeness (QED) is 0.797. The van der Waals surface area contributed by atoms with E-state index in [0.29, 0.717) is 17.8 Å². The Morgan fingerprint density at radius 3 is 2.60 bits per heavy atom. The number of nitrogens with zero attached hydrogens (tertiary/aromatic N) is 1. The molecule has 8 heteroatoms. The minimum Gasteiger partial charge on any atom is -0.476 e. The molecule has 6 nitrogen and oxygen atoms in total. The Morgan fingerprint density at radius 2 is 2.10 bits per heavy atom. The summed E-state index contributed by atoms with van der Waals surface area (Å²) in [5.74, 6) is -0.979. The number of thiazole rings is 1. The van der Waals surface area contributed by atoms with E-state index in [1.165, 1.54) is 16.7 Å². The molecule has 0 bridgehead atoms. The molecule has 0 aliphatic carbocycles. The SMILES string of the molecule is CC(C)(C)CCS(=O)(=O)NCCc1nc(C(=O)O)cs1. The summed E-state index contributed by atoms with van der Waals surface area (Å²) >= 11 is 1.22. The fourth-order valence-electron chi connectivity index (χ4n) is 1.35. The van der Waals surface area contributed by atoms with Gasteiger partial charge in [-0.3, -0.25) is 0 Å². The highest BCUT2D eigenvalue weighted by Crippen LogP contribution is 2.18. The second kappa shape index (κ2) is 6.64. The molecule has 0 aliphatic heterocycles. The highest BCUT2D eigenvalue weighted by Gasteiger charge is 2.17. The molecule has 1 rings (SSSR count). The molecule has 0 atom stereocenters. The summed E-state index contributed by atoms with van der Waals surface area (Å²) in [7, 11) is -3.28. The third-order valence-electron chi connectivity index (χ3n) is 2.55. The number of sulfonamides is 1. The van der Waals surface area contributed by atoms with E-state index in [9.17, 15) is 13.2 Å². The van der Waals surface area contributed by atoms with E-state index in [1.807, 2.05) is 20.8 Å². The molecule has 1 aromatic heterocycles. The van der Waals surface area contributed by atoms with Crippen LogP contribution in [0.25, 0.3) is 0 Å². The maximum atomic E-state index is 11.8. The molecule has 0 saturated carbocycles. The predicted molar refractivity (Wildman–Crippen MR) is 78.6 cm³/mol. The summed E-state index contributed by atoms with van der Waals surface area (Å²) in [6.45, 7) is 6.21. The second-order valence-electron chi connectivity index (χ2n) is 5.71. The lowest BCUT2D eigenvalue weighted by molar-refractivity contribution is 0.0691. The molecule has 0 aromatic carbocycles. The van der Waals surface area contributed by atoms with E-state index >= 15 is 0 Å². The highest BCUT2D eigenvalue weighted by molar-refractivity contribution is 7.89. The van der Waals surface area contributed by atoms with Gasteiger partial charge in [0.05, 0.1) is 10.8 Å². The molecule has 0 aliphatic rings. The third kappa shape index (κ3) is 6.44. The normalized spacial score (nSPS) is 12.6. The summed E-state index contributed by atoms with van der Waals surface area (Å²) in [6, 6.07) is 0. The van der Waals surface area contributed by atoms with Crippen molar-refractivity contribution in [2.45, 2.75) is 33.6 Å². The van der Waals surface area contributed by atoms with Crippen LogP contribution in [-0.4, -0.2) is 36.8 Å². The number of carboxylic acid groups (broad SMARTS) is 1. The molecule has 1 aromatic rings. The van der Waals surface area contributed by atoms with Gasteiger partial charge in [-0.05, 0) is 11.8 Å². The average Bonchev–Trinajstić information content (AvgIpc) is 2.74. The van der Waals surface area contributed by atoms with Gasteiger partial charge in [-0.1, -0.05) is 20.8 Å². The summed E-state index contributed by atoms with van der Waals surface area (Å²) in [6.07, 6.45) is 0.982. The number of hydrogen-bond donors (Lipinski definition) is 2. The Morgan fingerprint density at radius 1 is 1.45 bits per heavy atom. The minimum absolute atomic E-state index is 0.000546. The van der Waals surface area contributed by atoms with Crippen LogP contribution in [-0.2, 0) is 16.4 Å². The number of rotatable bonds is 7. The smallest absolute Gasteiger partial charge is 0.355 e. The number of hydrogen-bond acceptors (Lipinski definition) is 5. The van der Waals surface area contributed by atoms with Crippen LogP contribution < -0.4 is 4.72 Å². The summed E-state index contributed by atoms with van der Waals surface area (Å²) in [4.78, 5) is 14.6. The summed E-state index contributed by atoms with van der Waals surface area (Å²) in [5.41, 5.74) is -0.0268. The molecule has 0 unspecified atom stereocenters. The Balaban J connectivity index is 2.41. The van der Waals surface area contributed by atoms with Crippen LogP contribution in [0.5, 0.6) is 0 Å². The fourth-order valence-corrected chi connectivity index (χ4v) is 3.56. The van der Waals surface area contributed by atoms with E-state index in [2.05, 4.69) is 9.71 Å². The lowest BCUT2D eigenvalue weighted by Crippen LogP contribution is -2.30. The maximum absolute atomic E-state index is 11.8. The van der Waals surface area contributed by atoms with Crippen molar-refractivity contribution < 1.29 is 18.3 Å². The molecule has 2 N–H and O–H groups in total. The molecule has 0 spiro atoms. The molecular weight excluding hydrogens is 300 g/mol. The molecule has 20 heavy (non-hydrogen) atoms. The first kappa shape index (κ1) is 17.1. The Labute approximate surface area is 123 Å². The Kier molecular flexibility index (Phi) is 5.67. The van der Waals surface area contributed by atoms with Crippen LogP contribution in [0.15, 0.2) is 5.38 Å². The van der Waals surface area contributed by atoms with Gasteiger partial charge in [0.2, 0.25) is 10.0 Å². The molecule has 1 heterocycles. The van der Waals surface area contributed by atoms with Gasteiger partial charge in [-0.25, -0.2) is 22.9 Å². The molecule has 0 saturated heterocycles. The van der Waals surface area contributed by atoms with Crippen molar-refractivity contribution in [1.82, 2.24) is 9.71 Å². The Hall–Kier alpha value is -0.990. The number of nitrogens with one attached hydrogen (secondary N) is 1. The van der Waals surface area contributed by atoms with Gasteiger partial charge in [-0.2, -0.15) is 0 Å². The van der Waals surface area contributed by atoms with Crippen molar-refractivity contribution in [3.8, 4) is 0 Å². The topological polar surface area (TPSA) is 96.4 Å². The zero-order valence-electron chi connectivity index (χ0n) is 11.8. The van der Waals surface area contributed by atoms with Gasteiger partial charge < -0.3 is 5.11 Å². The number of aromatic nitrogens is 1. The monoisotopic (exact) mass is 320 g/mol. The minimum atomic E-state index is -3.28. The first-order valence-corrected chi connectivity index (χ1v) is 8.77. The van der Waals surface area contributed by atoms with Crippen molar-refractivity contribution >= 4 is 27.3 Å². The summed E-state index contributed by atoms with van der Waals surface area (Å²) < 4.78 is 26.0. The van der Waals surface area contributed by atoms with Crippen molar-refractivity contribution in [3.05, 3.63) is 16.1 Å². The first-order valence-electron chi connectivity index (χ1n) is 6.24. The van der Waals surface area contributed by atoms with Crippen LogP contribution in [0, 0.1) is 5.41 Å². The Bertz CT molecular complexity index is 558. The lowest BCUT2D eigenvalue weighted by atomic mass is 9.94. The van der Waals surface area contributed by atoms with Crippen LogP contribution in [0.4, 0.5) is 0 Å². The van der Waals surface area contributed by atoms with Crippen LogP contribution in [0.1, 0.15) is 42.7 Å². The van der Waals surface area contributed by atoms with Gasteiger partial charge in [0.1, 0.15) is 0 Å². The highest BCUT2D eigenvalue weighted by atomic mass is 32.2. The average molecular weight is 320 g/mol. The van der Waals surface area contributed by atoms with E-state index in [4.69, 9.17) is 5.11 Å². The van der Waals surface area contributed by atoms with Gasteiger partial charge in [0.15, 0.2) is 5.69 Å². The molecule has 0 fully saturated rings. The molecule has 0 radical (unpaired) electrons. The van der Waals surface area contributed by atoms with Gasteiger partial charge in [0.25, 0.3) is 0 Å². The zero-order chi connectivity index (χ0) is 15.4. The van der Waals surface area contributed by atoms with Gasteiger partial charge >= 0.3 is 5.97 Å². The van der Waals surface area contributed by atoms with Crippen LogP contribution in [0.2, 0.25) is 0 Å². The lowest BCUT2D eigenvalue weighted by Gasteiger charge is -2.17. The van der Waals surface area contributed by atoms with E-state index < -0.39 is 16.0 Å². The maximum Gasteiger partial charge on any atom is 0.355 e. The van der Waals surface area contributed by atoms with Gasteiger partial charge in [-0.15, -0.1) is 11.3 Å². The van der Waals surface area contributed by atoms with Crippen LogP contribution in [0.3, 0.4) is 0 Å². The van der Waals surface area contributed by atoms with Crippen molar-refractivity contribution in [3.63, 3.8) is 0 Å². The standard InChI is InChI=1S/C12H20N2O4S2/c1-12(2,3)5-7-20(17,18)13-6-4-10-14-9(8-19-10)11(15)16/h8,13H,4-7H2,1-3H3,(H,15,16). The third-order valence-corrected chi connectivity index (χ3v) is 4.85. The number of aromatic carboxylic acids is 1. The largest absolute Gasteiger partial charge is 0.476 e. The van der Waals surface area contributed by atoms with Crippen LogP contribution >= 0.6 is 11.3 Å².